The van der Waals surface area contributed by atoms with Crippen molar-refractivity contribution in [2.45, 2.75) is 6.92 Å². The van der Waals surface area contributed by atoms with E-state index in [1.165, 1.54) is 6.07 Å². The molecule has 0 saturated carbocycles. The molecule has 14 heavy (non-hydrogen) atoms. The molecular weight excluding hydrogens is 314 g/mol. The summed E-state index contributed by atoms with van der Waals surface area (Å²) in [6.07, 6.45) is 0. The maximum Gasteiger partial charge on any atom is 0.136 e. The monoisotopic (exact) mass is 322 g/mol. The predicted molar refractivity (Wildman–Crippen MR) is 65.7 cm³/mol. The quantitative estimate of drug-likeness (QED) is 0.758. The Labute approximate surface area is 99.0 Å². The molecule has 0 unspecified atom stereocenters. The molecule has 1 nitrogen and oxygen atoms in total. The largest absolute Gasteiger partial charge is 0.494 e. The standard InChI is InChI=1S/C10H8FIOS/c1-2-13-6-3-7(11)10-8(12)5-14-9(10)4-6/h3-5H,2H2,1H3. The first-order valence-electron chi connectivity index (χ1n) is 4.21. The number of fused-ring (bicyclic) bond motifs is 1. The van der Waals surface area contributed by atoms with E-state index in [0.717, 1.165) is 8.27 Å². The second kappa shape index (κ2) is 4.02. The van der Waals surface area contributed by atoms with Gasteiger partial charge in [-0.15, -0.1) is 11.3 Å². The Morgan fingerprint density at radius 3 is 3.00 bits per heavy atom. The van der Waals surface area contributed by atoms with Gasteiger partial charge in [0.2, 0.25) is 0 Å². The van der Waals surface area contributed by atoms with Gasteiger partial charge in [-0.25, -0.2) is 4.39 Å². The molecule has 0 fully saturated rings. The fourth-order valence-electron chi connectivity index (χ4n) is 1.31. The summed E-state index contributed by atoms with van der Waals surface area (Å²) in [4.78, 5) is 0. The van der Waals surface area contributed by atoms with Crippen LogP contribution in [0.3, 0.4) is 0 Å². The van der Waals surface area contributed by atoms with Crippen LogP contribution < -0.4 is 4.74 Å². The van der Waals surface area contributed by atoms with E-state index in [-0.39, 0.29) is 5.82 Å². The van der Waals surface area contributed by atoms with Crippen LogP contribution in [0.2, 0.25) is 0 Å². The van der Waals surface area contributed by atoms with E-state index < -0.39 is 0 Å². The highest BCUT2D eigenvalue weighted by Gasteiger charge is 2.09. The summed E-state index contributed by atoms with van der Waals surface area (Å²) in [5, 5.41) is 2.66. The highest BCUT2D eigenvalue weighted by molar-refractivity contribution is 14.1. The average molecular weight is 322 g/mol. The van der Waals surface area contributed by atoms with Crippen LogP contribution in [0.15, 0.2) is 17.5 Å². The molecule has 0 N–H and O–H groups in total. The summed E-state index contributed by atoms with van der Waals surface area (Å²) in [6, 6.07) is 3.33. The first-order chi connectivity index (χ1) is 6.72. The maximum absolute atomic E-state index is 13.6. The third-order valence-corrected chi connectivity index (χ3v) is 4.07. The van der Waals surface area contributed by atoms with Gasteiger partial charge in [-0.3, -0.25) is 0 Å². The van der Waals surface area contributed by atoms with E-state index in [4.69, 9.17) is 4.74 Å². The van der Waals surface area contributed by atoms with Crippen molar-refractivity contribution in [3.63, 3.8) is 0 Å². The van der Waals surface area contributed by atoms with Crippen molar-refractivity contribution in [2.75, 3.05) is 6.61 Å². The number of hydrogen-bond donors (Lipinski definition) is 0. The van der Waals surface area contributed by atoms with Gasteiger partial charge >= 0.3 is 0 Å². The number of thiophene rings is 1. The van der Waals surface area contributed by atoms with Crippen LogP contribution in [0.5, 0.6) is 5.75 Å². The number of rotatable bonds is 2. The maximum atomic E-state index is 13.6. The predicted octanol–water partition coefficient (Wildman–Crippen LogP) is 4.04. The number of ether oxygens (including phenoxy) is 1. The lowest BCUT2D eigenvalue weighted by Gasteiger charge is -2.03. The molecule has 0 spiro atoms. The zero-order valence-electron chi connectivity index (χ0n) is 7.51. The minimum Gasteiger partial charge on any atom is -0.494 e. The van der Waals surface area contributed by atoms with Gasteiger partial charge in [0.15, 0.2) is 0 Å². The Hall–Kier alpha value is -0.360. The second-order valence-corrected chi connectivity index (χ2v) is 4.87. The number of benzene rings is 1. The minimum atomic E-state index is -0.198. The molecule has 0 amide bonds. The van der Waals surface area contributed by atoms with Crippen LogP contribution in [0.1, 0.15) is 6.92 Å². The van der Waals surface area contributed by atoms with Crippen LogP contribution in [0.4, 0.5) is 4.39 Å². The van der Waals surface area contributed by atoms with Crippen molar-refractivity contribution < 1.29 is 9.13 Å². The van der Waals surface area contributed by atoms with E-state index in [9.17, 15) is 4.39 Å². The van der Waals surface area contributed by atoms with Gasteiger partial charge in [0, 0.05) is 25.1 Å². The minimum absolute atomic E-state index is 0.198. The molecule has 0 saturated heterocycles. The Balaban J connectivity index is 2.62. The van der Waals surface area contributed by atoms with Crippen molar-refractivity contribution in [3.8, 4) is 5.75 Å². The Kier molecular flexibility index (Phi) is 2.92. The third kappa shape index (κ3) is 1.72. The van der Waals surface area contributed by atoms with Gasteiger partial charge in [-0.1, -0.05) is 0 Å². The van der Waals surface area contributed by atoms with Crippen LogP contribution >= 0.6 is 33.9 Å². The molecule has 1 aromatic carbocycles. The zero-order valence-corrected chi connectivity index (χ0v) is 10.5. The lowest BCUT2D eigenvalue weighted by atomic mass is 10.2. The lowest BCUT2D eigenvalue weighted by Crippen LogP contribution is -1.91. The van der Waals surface area contributed by atoms with Crippen LogP contribution in [-0.4, -0.2) is 6.61 Å². The molecule has 0 bridgehead atoms. The van der Waals surface area contributed by atoms with Crippen molar-refractivity contribution in [1.29, 1.82) is 0 Å². The van der Waals surface area contributed by atoms with E-state index in [0.29, 0.717) is 17.7 Å². The highest BCUT2D eigenvalue weighted by atomic mass is 127. The SMILES string of the molecule is CCOc1cc(F)c2c(I)csc2c1. The summed E-state index contributed by atoms with van der Waals surface area (Å²) in [6.45, 7) is 2.45. The smallest absolute Gasteiger partial charge is 0.136 e. The van der Waals surface area contributed by atoms with E-state index in [1.54, 1.807) is 11.3 Å². The lowest BCUT2D eigenvalue weighted by molar-refractivity contribution is 0.339. The highest BCUT2D eigenvalue weighted by Crippen LogP contribution is 2.32. The Morgan fingerprint density at radius 1 is 1.50 bits per heavy atom. The van der Waals surface area contributed by atoms with Crippen molar-refractivity contribution in [1.82, 2.24) is 0 Å². The van der Waals surface area contributed by atoms with E-state index >= 15 is 0 Å². The van der Waals surface area contributed by atoms with Crippen LogP contribution in [0.25, 0.3) is 10.1 Å². The summed E-state index contributed by atoms with van der Waals surface area (Å²) in [5.74, 6) is 0.410. The fraction of sp³-hybridized carbons (Fsp3) is 0.200. The molecule has 0 aliphatic carbocycles. The fourth-order valence-corrected chi connectivity index (χ4v) is 3.28. The molecular formula is C10H8FIOS. The van der Waals surface area contributed by atoms with Crippen molar-refractivity contribution >= 4 is 44.0 Å². The molecule has 1 aromatic heterocycles. The first-order valence-corrected chi connectivity index (χ1v) is 6.17. The molecule has 0 atom stereocenters. The first kappa shape index (κ1) is 10.2. The van der Waals surface area contributed by atoms with Crippen molar-refractivity contribution in [2.24, 2.45) is 0 Å². The summed E-state index contributed by atoms with van der Waals surface area (Å²) in [5.41, 5.74) is 0. The van der Waals surface area contributed by atoms with Gasteiger partial charge in [0.05, 0.1) is 6.61 Å². The van der Waals surface area contributed by atoms with Crippen LogP contribution in [-0.2, 0) is 0 Å². The summed E-state index contributed by atoms with van der Waals surface area (Å²) >= 11 is 3.68. The van der Waals surface area contributed by atoms with Gasteiger partial charge < -0.3 is 4.74 Å². The molecule has 74 valence electrons. The van der Waals surface area contributed by atoms with Crippen molar-refractivity contribution in [3.05, 3.63) is 26.9 Å². The van der Waals surface area contributed by atoms with Gasteiger partial charge in [0.25, 0.3) is 0 Å². The normalized spacial score (nSPS) is 10.8. The van der Waals surface area contributed by atoms with Gasteiger partial charge in [0.1, 0.15) is 11.6 Å². The Bertz CT molecular complexity index is 466. The average Bonchev–Trinajstić information content (AvgIpc) is 2.48. The summed E-state index contributed by atoms with van der Waals surface area (Å²) < 4.78 is 20.8. The number of hydrogen-bond acceptors (Lipinski definition) is 2. The molecule has 1 heterocycles. The molecule has 0 aliphatic heterocycles. The van der Waals surface area contributed by atoms with Crippen LogP contribution in [0, 0.1) is 9.39 Å². The Morgan fingerprint density at radius 2 is 2.29 bits per heavy atom. The molecule has 2 aromatic rings. The topological polar surface area (TPSA) is 9.23 Å². The van der Waals surface area contributed by atoms with E-state index in [2.05, 4.69) is 22.6 Å². The molecule has 4 heteroatoms. The molecule has 0 radical (unpaired) electrons. The summed E-state index contributed by atoms with van der Waals surface area (Å²) in [7, 11) is 0. The van der Waals surface area contributed by atoms with E-state index in [1.807, 2.05) is 18.4 Å². The zero-order chi connectivity index (χ0) is 10.1. The van der Waals surface area contributed by atoms with Gasteiger partial charge in [-0.05, 0) is 35.6 Å². The third-order valence-electron chi connectivity index (χ3n) is 1.87. The molecule has 2 rings (SSSR count). The number of halogens is 2. The second-order valence-electron chi connectivity index (χ2n) is 2.79. The van der Waals surface area contributed by atoms with Gasteiger partial charge in [-0.2, -0.15) is 0 Å². The molecule has 0 aliphatic rings.